The smallest absolute Gasteiger partial charge is 0.305 e. The van der Waals surface area contributed by atoms with E-state index in [4.69, 9.17) is 4.74 Å². The van der Waals surface area contributed by atoms with Crippen molar-refractivity contribution in [1.29, 1.82) is 0 Å². The van der Waals surface area contributed by atoms with Gasteiger partial charge in [-0.2, -0.15) is 0 Å². The highest BCUT2D eigenvalue weighted by Crippen LogP contribution is 2.18. The minimum absolute atomic E-state index is 0.0159. The van der Waals surface area contributed by atoms with Gasteiger partial charge in [-0.25, -0.2) is 0 Å². The summed E-state index contributed by atoms with van der Waals surface area (Å²) in [6.45, 7) is 4.91. The number of carbonyl (C=O) groups excluding carboxylic acids is 2. The van der Waals surface area contributed by atoms with Crippen LogP contribution in [-0.2, 0) is 14.3 Å². The lowest BCUT2D eigenvalue weighted by molar-refractivity contribution is -0.143. The Morgan fingerprint density at radius 3 is 1.16 bits per heavy atom. The minimum Gasteiger partial charge on any atom is -0.466 e. The molecule has 6 nitrogen and oxygen atoms in total. The van der Waals surface area contributed by atoms with E-state index in [0.29, 0.717) is 25.9 Å². The van der Waals surface area contributed by atoms with Gasteiger partial charge in [0.05, 0.1) is 25.4 Å². The maximum absolute atomic E-state index is 12.5. The maximum atomic E-state index is 12.5. The van der Waals surface area contributed by atoms with Crippen molar-refractivity contribution in [2.45, 2.75) is 347 Å². The molecule has 3 N–H and O–H groups in total. The van der Waals surface area contributed by atoms with Crippen molar-refractivity contribution in [3.63, 3.8) is 0 Å². The van der Waals surface area contributed by atoms with E-state index in [-0.39, 0.29) is 18.5 Å². The SMILES string of the molecule is CCCC/C=C\C/C=C\CCCCCCCC(=O)OCCCCCCCCCCCCCCCCC(=O)NC(CO)C(O)CCCCCCCCCCCCCCCCCCCCCCCCC. The zero-order valence-electron chi connectivity index (χ0n) is 45.9. The van der Waals surface area contributed by atoms with Crippen LogP contribution in [0.15, 0.2) is 24.3 Å². The van der Waals surface area contributed by atoms with Crippen molar-refractivity contribution in [3.05, 3.63) is 24.3 Å². The maximum Gasteiger partial charge on any atom is 0.305 e. The molecule has 2 unspecified atom stereocenters. The van der Waals surface area contributed by atoms with Crippen LogP contribution in [-0.4, -0.2) is 47.4 Å². The van der Waals surface area contributed by atoms with Crippen molar-refractivity contribution in [2.24, 2.45) is 0 Å². The van der Waals surface area contributed by atoms with E-state index >= 15 is 0 Å². The van der Waals surface area contributed by atoms with Crippen LogP contribution < -0.4 is 5.32 Å². The molecule has 0 aromatic carbocycles. The second-order valence-electron chi connectivity index (χ2n) is 21.0. The molecule has 1 amide bonds. The first-order valence-electron chi connectivity index (χ1n) is 30.6. The van der Waals surface area contributed by atoms with Gasteiger partial charge in [-0.15, -0.1) is 0 Å². The van der Waals surface area contributed by atoms with Crippen LogP contribution in [0.25, 0.3) is 0 Å². The van der Waals surface area contributed by atoms with Crippen LogP contribution in [0.3, 0.4) is 0 Å². The molecule has 0 saturated heterocycles. The number of ether oxygens (including phenoxy) is 1. The number of unbranched alkanes of at least 4 members (excludes halogenated alkanes) is 42. The molecule has 0 aromatic heterocycles. The van der Waals surface area contributed by atoms with Gasteiger partial charge in [-0.1, -0.05) is 295 Å². The number of esters is 1. The van der Waals surface area contributed by atoms with Crippen molar-refractivity contribution >= 4 is 11.9 Å². The first-order chi connectivity index (χ1) is 33.5. The van der Waals surface area contributed by atoms with E-state index in [1.807, 2.05) is 0 Å². The summed E-state index contributed by atoms with van der Waals surface area (Å²) in [6, 6.07) is -0.551. The summed E-state index contributed by atoms with van der Waals surface area (Å²) in [5.74, 6) is -0.0586. The van der Waals surface area contributed by atoms with Crippen molar-refractivity contribution in [1.82, 2.24) is 5.32 Å². The lowest BCUT2D eigenvalue weighted by atomic mass is 10.0. The van der Waals surface area contributed by atoms with Gasteiger partial charge in [0.25, 0.3) is 0 Å². The molecule has 0 saturated carbocycles. The van der Waals surface area contributed by atoms with Crippen molar-refractivity contribution in [3.8, 4) is 0 Å². The number of amides is 1. The Morgan fingerprint density at radius 1 is 0.412 bits per heavy atom. The summed E-state index contributed by atoms with van der Waals surface area (Å²) in [7, 11) is 0. The molecule has 0 spiro atoms. The van der Waals surface area contributed by atoms with E-state index in [1.165, 1.54) is 244 Å². The van der Waals surface area contributed by atoms with Gasteiger partial charge in [0.15, 0.2) is 0 Å². The summed E-state index contributed by atoms with van der Waals surface area (Å²) in [5.41, 5.74) is 0. The Labute approximate surface area is 424 Å². The highest BCUT2D eigenvalue weighted by atomic mass is 16.5. The molecule has 0 aliphatic rings. The third-order valence-corrected chi connectivity index (χ3v) is 14.3. The molecule has 68 heavy (non-hydrogen) atoms. The van der Waals surface area contributed by atoms with E-state index < -0.39 is 12.1 Å². The van der Waals surface area contributed by atoms with Crippen molar-refractivity contribution in [2.75, 3.05) is 13.2 Å². The molecule has 0 fully saturated rings. The normalized spacial score (nSPS) is 12.7. The monoisotopic (exact) mass is 958 g/mol. The van der Waals surface area contributed by atoms with Crippen LogP contribution in [0, 0.1) is 0 Å². The molecular weight excluding hydrogens is 839 g/mol. The van der Waals surface area contributed by atoms with Crippen molar-refractivity contribution < 1.29 is 24.5 Å². The number of nitrogens with one attached hydrogen (secondary N) is 1. The number of aliphatic hydroxyl groups excluding tert-OH is 2. The van der Waals surface area contributed by atoms with Crippen LogP contribution in [0.4, 0.5) is 0 Å². The second kappa shape index (κ2) is 57.9. The van der Waals surface area contributed by atoms with Crippen LogP contribution in [0.1, 0.15) is 335 Å². The topological polar surface area (TPSA) is 95.9 Å². The Kier molecular flexibility index (Phi) is 56.5. The largest absolute Gasteiger partial charge is 0.466 e. The zero-order chi connectivity index (χ0) is 49.3. The zero-order valence-corrected chi connectivity index (χ0v) is 45.9. The van der Waals surface area contributed by atoms with Gasteiger partial charge in [0.1, 0.15) is 0 Å². The summed E-state index contributed by atoms with van der Waals surface area (Å²) in [6.07, 6.45) is 70.3. The average Bonchev–Trinajstić information content (AvgIpc) is 3.34. The van der Waals surface area contributed by atoms with Crippen LogP contribution in [0.2, 0.25) is 0 Å². The minimum atomic E-state index is -0.673. The summed E-state index contributed by atoms with van der Waals surface area (Å²) in [4.78, 5) is 24.6. The van der Waals surface area contributed by atoms with Crippen LogP contribution >= 0.6 is 0 Å². The molecule has 2 atom stereocenters. The number of aliphatic hydroxyl groups is 2. The Bertz CT molecular complexity index is 1060. The van der Waals surface area contributed by atoms with Crippen LogP contribution in [0.5, 0.6) is 0 Å². The molecule has 0 bridgehead atoms. The summed E-state index contributed by atoms with van der Waals surface area (Å²) < 4.78 is 5.46. The fourth-order valence-corrected chi connectivity index (χ4v) is 9.54. The average molecular weight is 959 g/mol. The number of allylic oxidation sites excluding steroid dienone is 4. The Morgan fingerprint density at radius 2 is 0.750 bits per heavy atom. The van der Waals surface area contributed by atoms with Gasteiger partial charge in [-0.05, 0) is 51.4 Å². The van der Waals surface area contributed by atoms with Gasteiger partial charge < -0.3 is 20.3 Å². The first kappa shape index (κ1) is 66.3. The third kappa shape index (κ3) is 53.7. The summed E-state index contributed by atoms with van der Waals surface area (Å²) in [5, 5.41) is 23.4. The molecule has 0 aliphatic heterocycles. The molecule has 0 radical (unpaired) electrons. The van der Waals surface area contributed by atoms with Gasteiger partial charge in [0.2, 0.25) is 5.91 Å². The van der Waals surface area contributed by atoms with E-state index in [0.717, 1.165) is 57.8 Å². The van der Waals surface area contributed by atoms with E-state index in [9.17, 15) is 19.8 Å². The van der Waals surface area contributed by atoms with E-state index in [2.05, 4.69) is 43.5 Å². The Hall–Kier alpha value is -1.66. The van der Waals surface area contributed by atoms with E-state index in [1.54, 1.807) is 0 Å². The van der Waals surface area contributed by atoms with Gasteiger partial charge in [0, 0.05) is 12.8 Å². The molecule has 0 aliphatic carbocycles. The lowest BCUT2D eigenvalue weighted by Crippen LogP contribution is -2.45. The molecule has 0 heterocycles. The standard InChI is InChI=1S/C62H119NO5/c1-3-5-7-9-11-13-15-17-19-20-21-22-23-24-25-26-27-30-34-38-42-46-50-54-60(65)59(58-64)63-61(66)55-51-47-43-39-35-31-28-29-33-37-41-45-49-53-57-68-62(67)56-52-48-44-40-36-32-18-16-14-12-10-8-6-4-2/h10,12,16,18,59-60,64-65H,3-9,11,13-15,17,19-58H2,1-2H3,(H,63,66)/b12-10-,18-16-. The number of hydrogen-bond acceptors (Lipinski definition) is 5. The predicted octanol–water partition coefficient (Wildman–Crippen LogP) is 19.0. The highest BCUT2D eigenvalue weighted by Gasteiger charge is 2.20. The number of carbonyl (C=O) groups is 2. The fourth-order valence-electron chi connectivity index (χ4n) is 9.54. The number of rotatable bonds is 57. The fraction of sp³-hybridized carbons (Fsp3) is 0.903. The molecule has 0 aromatic rings. The molecule has 0 rings (SSSR count). The second-order valence-corrected chi connectivity index (χ2v) is 21.0. The Balaban J connectivity index is 3.44. The first-order valence-corrected chi connectivity index (χ1v) is 30.6. The molecule has 402 valence electrons. The molecular formula is C62H119NO5. The van der Waals surface area contributed by atoms with Gasteiger partial charge in [-0.3, -0.25) is 9.59 Å². The van der Waals surface area contributed by atoms with Gasteiger partial charge >= 0.3 is 5.97 Å². The quantitative estimate of drug-likeness (QED) is 0.0321. The predicted molar refractivity (Wildman–Crippen MR) is 296 cm³/mol. The lowest BCUT2D eigenvalue weighted by Gasteiger charge is -2.22. The highest BCUT2D eigenvalue weighted by molar-refractivity contribution is 5.76. The third-order valence-electron chi connectivity index (χ3n) is 14.3. The summed E-state index contributed by atoms with van der Waals surface area (Å²) >= 11 is 0. The number of hydrogen-bond donors (Lipinski definition) is 3. The molecule has 6 heteroatoms.